The van der Waals surface area contributed by atoms with Crippen LogP contribution in [0, 0.1) is 5.92 Å². The van der Waals surface area contributed by atoms with Crippen molar-refractivity contribution >= 4 is 27.5 Å². The highest BCUT2D eigenvalue weighted by atomic mass is 32.2. The van der Waals surface area contributed by atoms with E-state index in [1.807, 2.05) is 0 Å². The van der Waals surface area contributed by atoms with Crippen LogP contribution in [0.1, 0.15) is 51.4 Å². The summed E-state index contributed by atoms with van der Waals surface area (Å²) < 4.78 is 26.7. The summed E-state index contributed by atoms with van der Waals surface area (Å²) in [6.07, 6.45) is 8.87. The van der Waals surface area contributed by atoms with Gasteiger partial charge < -0.3 is 10.6 Å². The number of rotatable bonds is 7. The maximum Gasteiger partial charge on any atom is 0.243 e. The lowest BCUT2D eigenvalue weighted by Crippen LogP contribution is -2.49. The van der Waals surface area contributed by atoms with Gasteiger partial charge in [-0.15, -0.1) is 0 Å². The summed E-state index contributed by atoms with van der Waals surface area (Å²) in [5.74, 6) is 0.344. The van der Waals surface area contributed by atoms with Crippen LogP contribution in [0.4, 0.5) is 5.69 Å². The number of sulfonamides is 1. The van der Waals surface area contributed by atoms with Gasteiger partial charge >= 0.3 is 0 Å². The highest BCUT2D eigenvalue weighted by Crippen LogP contribution is 2.28. The molecule has 28 heavy (non-hydrogen) atoms. The predicted octanol–water partition coefficient (Wildman–Crippen LogP) is 2.50. The molecule has 2 N–H and O–H groups in total. The molecule has 1 aliphatic heterocycles. The van der Waals surface area contributed by atoms with Crippen LogP contribution in [0.3, 0.4) is 0 Å². The van der Waals surface area contributed by atoms with E-state index in [4.69, 9.17) is 0 Å². The number of hydrogen-bond acceptors (Lipinski definition) is 4. The third-order valence-electron chi connectivity index (χ3n) is 5.50. The second-order valence-electron chi connectivity index (χ2n) is 7.66. The molecule has 3 rings (SSSR count). The van der Waals surface area contributed by atoms with Crippen molar-refractivity contribution in [1.82, 2.24) is 9.62 Å². The molecule has 0 radical (unpaired) electrons. The van der Waals surface area contributed by atoms with E-state index in [1.165, 1.54) is 44.2 Å². The summed E-state index contributed by atoms with van der Waals surface area (Å²) in [7, 11) is -3.76. The number of carbonyl (C=O) groups is 2. The van der Waals surface area contributed by atoms with Crippen molar-refractivity contribution in [2.45, 2.75) is 56.3 Å². The average molecular weight is 408 g/mol. The molecule has 0 aromatic heterocycles. The number of piperazine rings is 1. The van der Waals surface area contributed by atoms with Crippen molar-refractivity contribution in [1.29, 1.82) is 0 Å². The van der Waals surface area contributed by atoms with Crippen molar-refractivity contribution in [3.8, 4) is 0 Å². The first-order valence-corrected chi connectivity index (χ1v) is 11.6. The molecule has 0 atom stereocenters. The number of nitrogens with zero attached hydrogens (tertiary/aromatic N) is 1. The zero-order valence-corrected chi connectivity index (χ0v) is 17.0. The number of amides is 2. The van der Waals surface area contributed by atoms with Crippen LogP contribution in [-0.4, -0.2) is 44.2 Å². The van der Waals surface area contributed by atoms with Crippen LogP contribution in [-0.2, 0) is 19.6 Å². The molecule has 2 amide bonds. The van der Waals surface area contributed by atoms with Crippen LogP contribution >= 0.6 is 0 Å². The van der Waals surface area contributed by atoms with Gasteiger partial charge in [-0.3, -0.25) is 9.59 Å². The maximum absolute atomic E-state index is 12.8. The predicted molar refractivity (Wildman–Crippen MR) is 107 cm³/mol. The van der Waals surface area contributed by atoms with Gasteiger partial charge in [0.2, 0.25) is 21.8 Å². The van der Waals surface area contributed by atoms with Crippen molar-refractivity contribution in [2.75, 3.05) is 25.0 Å². The minimum absolute atomic E-state index is 0.0854. The zero-order valence-electron chi connectivity index (χ0n) is 16.2. The summed E-state index contributed by atoms with van der Waals surface area (Å²) in [6, 6.07) is 6.23. The Balaban J connectivity index is 1.55. The van der Waals surface area contributed by atoms with Gasteiger partial charge in [-0.05, 0) is 37.0 Å². The first kappa shape index (κ1) is 20.8. The fourth-order valence-electron chi connectivity index (χ4n) is 3.95. The van der Waals surface area contributed by atoms with Crippen molar-refractivity contribution in [3.05, 3.63) is 24.3 Å². The second kappa shape index (κ2) is 9.52. The average Bonchev–Trinajstić information content (AvgIpc) is 2.69. The summed E-state index contributed by atoms with van der Waals surface area (Å²) >= 11 is 0. The molecular formula is C20H29N3O4S. The zero-order chi connectivity index (χ0) is 20.0. The Hall–Kier alpha value is -1.93. The Kier molecular flexibility index (Phi) is 7.07. The monoisotopic (exact) mass is 407 g/mol. The quantitative estimate of drug-likeness (QED) is 0.726. The molecule has 154 valence electrons. The fraction of sp³-hybridized carbons (Fsp3) is 0.600. The van der Waals surface area contributed by atoms with E-state index in [0.717, 1.165) is 23.1 Å². The van der Waals surface area contributed by atoms with Crippen LogP contribution < -0.4 is 10.6 Å². The molecule has 1 saturated carbocycles. The van der Waals surface area contributed by atoms with Crippen molar-refractivity contribution < 1.29 is 18.0 Å². The van der Waals surface area contributed by atoms with Gasteiger partial charge in [-0.2, -0.15) is 4.31 Å². The normalized spacial score (nSPS) is 19.2. The molecule has 8 heteroatoms. The van der Waals surface area contributed by atoms with Gasteiger partial charge in [0.25, 0.3) is 0 Å². The molecule has 1 saturated heterocycles. The molecule has 0 spiro atoms. The maximum atomic E-state index is 12.8. The lowest BCUT2D eigenvalue weighted by Gasteiger charge is -2.26. The van der Waals surface area contributed by atoms with Gasteiger partial charge in [0.05, 0.1) is 11.4 Å². The Morgan fingerprint density at radius 1 is 1.21 bits per heavy atom. The largest absolute Gasteiger partial charge is 0.354 e. The van der Waals surface area contributed by atoms with E-state index < -0.39 is 10.0 Å². The summed E-state index contributed by atoms with van der Waals surface area (Å²) in [5.41, 5.74) is 0.463. The van der Waals surface area contributed by atoms with Crippen LogP contribution in [0.25, 0.3) is 0 Å². The Labute approximate surface area is 166 Å². The Morgan fingerprint density at radius 2 is 2.00 bits per heavy atom. The first-order valence-electron chi connectivity index (χ1n) is 10.1. The summed E-state index contributed by atoms with van der Waals surface area (Å²) in [5, 5.41) is 5.42. The number of nitrogens with one attached hydrogen (secondary N) is 2. The minimum Gasteiger partial charge on any atom is -0.354 e. The van der Waals surface area contributed by atoms with Gasteiger partial charge in [0.15, 0.2) is 0 Å². The van der Waals surface area contributed by atoms with E-state index in [2.05, 4.69) is 10.6 Å². The van der Waals surface area contributed by atoms with E-state index in [9.17, 15) is 18.0 Å². The minimum atomic E-state index is -3.76. The molecule has 2 fully saturated rings. The first-order chi connectivity index (χ1) is 13.4. The molecule has 0 unspecified atom stereocenters. The van der Waals surface area contributed by atoms with Gasteiger partial charge in [0.1, 0.15) is 0 Å². The smallest absolute Gasteiger partial charge is 0.243 e. The third kappa shape index (κ3) is 5.54. The van der Waals surface area contributed by atoms with E-state index >= 15 is 0 Å². The molecule has 2 aliphatic rings. The van der Waals surface area contributed by atoms with E-state index in [0.29, 0.717) is 18.7 Å². The SMILES string of the molecule is O=C1CN(S(=O)(=O)c2cccc(NC(=O)CCCC3CCCCC3)c2)CCN1. The van der Waals surface area contributed by atoms with E-state index in [1.54, 1.807) is 12.1 Å². The topological polar surface area (TPSA) is 95.6 Å². The highest BCUT2D eigenvalue weighted by Gasteiger charge is 2.29. The summed E-state index contributed by atoms with van der Waals surface area (Å²) in [4.78, 5) is 23.8. The van der Waals surface area contributed by atoms with Crippen LogP contribution in [0.5, 0.6) is 0 Å². The molecule has 0 bridgehead atoms. The fourth-order valence-corrected chi connectivity index (χ4v) is 5.40. The second-order valence-corrected chi connectivity index (χ2v) is 9.60. The Bertz CT molecular complexity index is 803. The molecule has 1 aromatic carbocycles. The van der Waals surface area contributed by atoms with Crippen LogP contribution in [0.15, 0.2) is 29.2 Å². The van der Waals surface area contributed by atoms with Crippen molar-refractivity contribution in [3.63, 3.8) is 0 Å². The van der Waals surface area contributed by atoms with Gasteiger partial charge in [-0.1, -0.05) is 38.2 Å². The number of hydrogen-bond donors (Lipinski definition) is 2. The van der Waals surface area contributed by atoms with Gasteiger partial charge in [-0.25, -0.2) is 8.42 Å². The molecule has 1 heterocycles. The molecule has 1 aliphatic carbocycles. The van der Waals surface area contributed by atoms with Crippen LogP contribution in [0.2, 0.25) is 0 Å². The lowest BCUT2D eigenvalue weighted by atomic mass is 9.86. The lowest BCUT2D eigenvalue weighted by molar-refractivity contribution is -0.122. The molecule has 7 nitrogen and oxygen atoms in total. The number of carbonyl (C=O) groups excluding carboxylic acids is 2. The molecule has 1 aromatic rings. The summed E-state index contributed by atoms with van der Waals surface area (Å²) in [6.45, 7) is 0.362. The standard InChI is InChI=1S/C20H29N3O4S/c24-19(11-4-8-16-6-2-1-3-7-16)22-17-9-5-10-18(14-17)28(26,27)23-13-12-21-20(25)15-23/h5,9-10,14,16H,1-4,6-8,11-13,15H2,(H,21,25)(H,22,24). The highest BCUT2D eigenvalue weighted by molar-refractivity contribution is 7.89. The van der Waals surface area contributed by atoms with Gasteiger partial charge in [0, 0.05) is 25.2 Å². The third-order valence-corrected chi connectivity index (χ3v) is 7.34. The number of anilines is 1. The molecular weight excluding hydrogens is 378 g/mol. The Morgan fingerprint density at radius 3 is 2.75 bits per heavy atom. The van der Waals surface area contributed by atoms with E-state index in [-0.39, 0.29) is 29.8 Å². The van der Waals surface area contributed by atoms with Crippen molar-refractivity contribution in [2.24, 2.45) is 5.92 Å². The number of benzene rings is 1.